The van der Waals surface area contributed by atoms with Crippen LogP contribution in [0.1, 0.15) is 36.1 Å². The van der Waals surface area contributed by atoms with Crippen molar-refractivity contribution in [3.63, 3.8) is 0 Å². The summed E-state index contributed by atoms with van der Waals surface area (Å²) in [6.45, 7) is 4.57. The topological polar surface area (TPSA) is 68.0 Å². The lowest BCUT2D eigenvalue weighted by Gasteiger charge is -2.10. The molecule has 0 aromatic carbocycles. The predicted molar refractivity (Wildman–Crippen MR) is 66.2 cm³/mol. The fourth-order valence-electron chi connectivity index (χ4n) is 1.35. The van der Waals surface area contributed by atoms with Crippen LogP contribution in [0.4, 0.5) is 0 Å². The fourth-order valence-corrected chi connectivity index (χ4v) is 2.08. The van der Waals surface area contributed by atoms with Gasteiger partial charge in [-0.1, -0.05) is 19.8 Å². The van der Waals surface area contributed by atoms with Gasteiger partial charge in [0.1, 0.15) is 0 Å². The highest BCUT2D eigenvalue weighted by molar-refractivity contribution is 7.11. The van der Waals surface area contributed by atoms with Crippen molar-refractivity contribution in [2.75, 3.05) is 0 Å². The van der Waals surface area contributed by atoms with Gasteiger partial charge >= 0.3 is 0 Å². The zero-order chi connectivity index (χ0) is 12.0. The Balaban J connectivity index is 2.29. The molecular formula is C11H19N3OS. The molecule has 0 radical (unpaired) electrons. The maximum atomic E-state index is 11.6. The van der Waals surface area contributed by atoms with E-state index in [9.17, 15) is 4.79 Å². The largest absolute Gasteiger partial charge is 0.350 e. The molecule has 1 rings (SSSR count). The van der Waals surface area contributed by atoms with Crippen LogP contribution in [0.5, 0.6) is 0 Å². The molecule has 0 spiro atoms. The Morgan fingerprint density at radius 3 is 3.00 bits per heavy atom. The molecule has 0 saturated carbocycles. The molecule has 1 unspecified atom stereocenters. The summed E-state index contributed by atoms with van der Waals surface area (Å²) in [5, 5.41) is 3.84. The number of hydrogen-bond donors (Lipinski definition) is 2. The monoisotopic (exact) mass is 241 g/mol. The van der Waals surface area contributed by atoms with Crippen molar-refractivity contribution in [1.82, 2.24) is 10.3 Å². The van der Waals surface area contributed by atoms with E-state index in [0.717, 1.165) is 29.1 Å². The van der Waals surface area contributed by atoms with Gasteiger partial charge in [-0.25, -0.2) is 4.98 Å². The second-order valence-electron chi connectivity index (χ2n) is 3.81. The first-order chi connectivity index (χ1) is 7.63. The van der Waals surface area contributed by atoms with Gasteiger partial charge in [0, 0.05) is 11.1 Å². The predicted octanol–water partition coefficient (Wildman–Crippen LogP) is 1.59. The van der Waals surface area contributed by atoms with Crippen LogP contribution >= 0.6 is 11.3 Å². The van der Waals surface area contributed by atoms with E-state index in [4.69, 9.17) is 5.73 Å². The molecule has 1 amide bonds. The van der Waals surface area contributed by atoms with Crippen molar-refractivity contribution in [2.24, 2.45) is 5.73 Å². The Bertz CT molecular complexity index is 338. The lowest BCUT2D eigenvalue weighted by Crippen LogP contribution is -2.40. The van der Waals surface area contributed by atoms with Crippen LogP contribution in [-0.4, -0.2) is 16.9 Å². The average molecular weight is 241 g/mol. The van der Waals surface area contributed by atoms with Crippen LogP contribution in [0.2, 0.25) is 0 Å². The van der Waals surface area contributed by atoms with E-state index in [1.165, 1.54) is 0 Å². The number of amides is 1. The SMILES string of the molecule is CCCCC(N)C(=O)NCc1cnc(C)s1. The lowest BCUT2D eigenvalue weighted by molar-refractivity contribution is -0.122. The third-order valence-electron chi connectivity index (χ3n) is 2.31. The molecule has 0 aliphatic heterocycles. The molecule has 0 saturated heterocycles. The van der Waals surface area contributed by atoms with Crippen LogP contribution in [-0.2, 0) is 11.3 Å². The number of nitrogens with two attached hydrogens (primary N) is 1. The van der Waals surface area contributed by atoms with Crippen molar-refractivity contribution >= 4 is 17.2 Å². The molecule has 0 fully saturated rings. The molecule has 0 bridgehead atoms. The maximum Gasteiger partial charge on any atom is 0.237 e. The summed E-state index contributed by atoms with van der Waals surface area (Å²) in [5.41, 5.74) is 5.75. The van der Waals surface area contributed by atoms with Gasteiger partial charge in [0.15, 0.2) is 0 Å². The molecule has 1 heterocycles. The van der Waals surface area contributed by atoms with Gasteiger partial charge in [-0.3, -0.25) is 4.79 Å². The average Bonchev–Trinajstić information content (AvgIpc) is 2.68. The van der Waals surface area contributed by atoms with E-state index in [2.05, 4.69) is 17.2 Å². The number of carbonyl (C=O) groups is 1. The Hall–Kier alpha value is -0.940. The van der Waals surface area contributed by atoms with Crippen molar-refractivity contribution in [3.05, 3.63) is 16.1 Å². The highest BCUT2D eigenvalue weighted by atomic mass is 32.1. The number of aromatic nitrogens is 1. The van der Waals surface area contributed by atoms with E-state index in [0.29, 0.717) is 6.54 Å². The number of carbonyl (C=O) groups excluding carboxylic acids is 1. The van der Waals surface area contributed by atoms with Crippen molar-refractivity contribution in [3.8, 4) is 0 Å². The third-order valence-corrected chi connectivity index (χ3v) is 3.22. The molecular weight excluding hydrogens is 222 g/mol. The number of nitrogens with one attached hydrogen (secondary N) is 1. The van der Waals surface area contributed by atoms with Crippen LogP contribution < -0.4 is 11.1 Å². The van der Waals surface area contributed by atoms with Crippen LogP contribution in [0.3, 0.4) is 0 Å². The molecule has 0 aliphatic carbocycles. The second kappa shape index (κ2) is 6.60. The van der Waals surface area contributed by atoms with Gasteiger partial charge < -0.3 is 11.1 Å². The summed E-state index contributed by atoms with van der Waals surface area (Å²) in [4.78, 5) is 16.8. The molecule has 3 N–H and O–H groups in total. The van der Waals surface area contributed by atoms with Crippen LogP contribution in [0.15, 0.2) is 6.20 Å². The number of aryl methyl sites for hydroxylation is 1. The Kier molecular flexibility index (Phi) is 5.42. The normalized spacial score (nSPS) is 12.4. The van der Waals surface area contributed by atoms with Crippen molar-refractivity contribution in [2.45, 2.75) is 45.7 Å². The van der Waals surface area contributed by atoms with E-state index < -0.39 is 0 Å². The van der Waals surface area contributed by atoms with Gasteiger partial charge in [-0.15, -0.1) is 11.3 Å². The van der Waals surface area contributed by atoms with Gasteiger partial charge in [0.25, 0.3) is 0 Å². The minimum atomic E-state index is -0.381. The summed E-state index contributed by atoms with van der Waals surface area (Å²) in [6, 6.07) is -0.381. The number of nitrogens with zero attached hydrogens (tertiary/aromatic N) is 1. The summed E-state index contributed by atoms with van der Waals surface area (Å²) in [6.07, 6.45) is 4.60. The van der Waals surface area contributed by atoms with E-state index >= 15 is 0 Å². The van der Waals surface area contributed by atoms with Crippen molar-refractivity contribution < 1.29 is 4.79 Å². The Morgan fingerprint density at radius 2 is 2.44 bits per heavy atom. The first-order valence-corrected chi connectivity index (χ1v) is 6.39. The van der Waals surface area contributed by atoms with Crippen LogP contribution in [0, 0.1) is 6.92 Å². The molecule has 5 heteroatoms. The standard InChI is InChI=1S/C11H19N3OS/c1-3-4-5-10(12)11(15)14-7-9-6-13-8(2)16-9/h6,10H,3-5,7,12H2,1-2H3,(H,14,15). The van der Waals surface area contributed by atoms with Crippen LogP contribution in [0.25, 0.3) is 0 Å². The number of rotatable bonds is 6. The number of unbranched alkanes of at least 4 members (excludes halogenated alkanes) is 1. The summed E-state index contributed by atoms with van der Waals surface area (Å²) >= 11 is 1.59. The quantitative estimate of drug-likeness (QED) is 0.794. The highest BCUT2D eigenvalue weighted by Crippen LogP contribution is 2.10. The molecule has 90 valence electrons. The lowest BCUT2D eigenvalue weighted by atomic mass is 10.1. The zero-order valence-electron chi connectivity index (χ0n) is 9.82. The third kappa shape index (κ3) is 4.28. The summed E-state index contributed by atoms with van der Waals surface area (Å²) in [7, 11) is 0. The van der Waals surface area contributed by atoms with Gasteiger partial charge in [0.2, 0.25) is 5.91 Å². The summed E-state index contributed by atoms with van der Waals surface area (Å²) in [5.74, 6) is -0.0699. The van der Waals surface area contributed by atoms with Gasteiger partial charge in [-0.2, -0.15) is 0 Å². The molecule has 16 heavy (non-hydrogen) atoms. The Morgan fingerprint density at radius 1 is 1.69 bits per heavy atom. The second-order valence-corrected chi connectivity index (χ2v) is 5.13. The van der Waals surface area contributed by atoms with Gasteiger partial charge in [0.05, 0.1) is 17.6 Å². The zero-order valence-corrected chi connectivity index (χ0v) is 10.6. The van der Waals surface area contributed by atoms with Crippen molar-refractivity contribution in [1.29, 1.82) is 0 Å². The fraction of sp³-hybridized carbons (Fsp3) is 0.636. The van der Waals surface area contributed by atoms with Gasteiger partial charge in [-0.05, 0) is 13.3 Å². The number of thiazole rings is 1. The smallest absolute Gasteiger partial charge is 0.237 e. The molecule has 4 nitrogen and oxygen atoms in total. The minimum Gasteiger partial charge on any atom is -0.350 e. The highest BCUT2D eigenvalue weighted by Gasteiger charge is 2.12. The molecule has 1 atom stereocenters. The molecule has 1 aromatic rings. The Labute approximate surface area is 100 Å². The molecule has 1 aromatic heterocycles. The molecule has 0 aliphatic rings. The number of hydrogen-bond acceptors (Lipinski definition) is 4. The van der Waals surface area contributed by atoms with E-state index in [-0.39, 0.29) is 11.9 Å². The van der Waals surface area contributed by atoms with E-state index in [1.54, 1.807) is 17.5 Å². The maximum absolute atomic E-state index is 11.6. The minimum absolute atomic E-state index is 0.0699. The first-order valence-electron chi connectivity index (χ1n) is 5.58. The first kappa shape index (κ1) is 13.1. The summed E-state index contributed by atoms with van der Waals surface area (Å²) < 4.78 is 0. The van der Waals surface area contributed by atoms with E-state index in [1.807, 2.05) is 6.92 Å².